The minimum Gasteiger partial charge on any atom is -0.865 e. The maximum atomic E-state index is 12.0. The quantitative estimate of drug-likeness (QED) is 0.386. The van der Waals surface area contributed by atoms with E-state index in [1.807, 2.05) is 24.3 Å². The Kier molecular flexibility index (Phi) is 4.82. The Balaban J connectivity index is 2.11. The summed E-state index contributed by atoms with van der Waals surface area (Å²) in [6.07, 6.45) is 1.46. The Labute approximate surface area is 152 Å². The molecule has 1 aromatic heterocycles. The van der Waals surface area contributed by atoms with E-state index in [-0.39, 0.29) is 17.9 Å². The average molecular weight is 366 g/mol. The van der Waals surface area contributed by atoms with Crippen LogP contribution in [-0.2, 0) is 0 Å². The van der Waals surface area contributed by atoms with Gasteiger partial charge in [-0.2, -0.15) is 5.26 Å². The first-order valence-corrected chi connectivity index (χ1v) is 8.45. The van der Waals surface area contributed by atoms with E-state index in [9.17, 15) is 20.5 Å². The molecule has 2 aromatic carbocycles. The van der Waals surface area contributed by atoms with Crippen molar-refractivity contribution >= 4 is 38.9 Å². The number of aromatic nitrogens is 1. The summed E-state index contributed by atoms with van der Waals surface area (Å²) in [5.74, 6) is -0.901. The molecule has 0 unspecified atom stereocenters. The summed E-state index contributed by atoms with van der Waals surface area (Å²) in [6, 6.07) is 12.1. The molecular formula is C18H12N3O4S-. The molecule has 0 amide bonds. The van der Waals surface area contributed by atoms with Crippen molar-refractivity contribution in [2.75, 3.05) is 6.61 Å². The van der Waals surface area contributed by atoms with Gasteiger partial charge < -0.3 is 9.84 Å². The van der Waals surface area contributed by atoms with Gasteiger partial charge >= 0.3 is 0 Å². The molecule has 1 heterocycles. The van der Waals surface area contributed by atoms with Gasteiger partial charge in [-0.1, -0.05) is 12.1 Å². The van der Waals surface area contributed by atoms with Crippen LogP contribution in [0.5, 0.6) is 11.5 Å². The Morgan fingerprint density at radius 2 is 2.19 bits per heavy atom. The monoisotopic (exact) mass is 366 g/mol. The van der Waals surface area contributed by atoms with Crippen LogP contribution in [-0.4, -0.2) is 16.5 Å². The molecule has 0 atom stereocenters. The van der Waals surface area contributed by atoms with Crippen LogP contribution in [0.3, 0.4) is 0 Å². The zero-order valence-electron chi connectivity index (χ0n) is 13.6. The number of para-hydroxylation sites is 1. The van der Waals surface area contributed by atoms with Gasteiger partial charge in [-0.05, 0) is 36.8 Å². The van der Waals surface area contributed by atoms with Gasteiger partial charge in [-0.15, -0.1) is 11.3 Å². The van der Waals surface area contributed by atoms with Crippen molar-refractivity contribution in [1.82, 2.24) is 4.98 Å². The third-order valence-corrected chi connectivity index (χ3v) is 4.58. The van der Waals surface area contributed by atoms with Gasteiger partial charge in [0.1, 0.15) is 16.8 Å². The predicted octanol–water partition coefficient (Wildman–Crippen LogP) is 3.74. The number of allylic oxidation sites excluding steroid dienone is 1. The first kappa shape index (κ1) is 17.4. The van der Waals surface area contributed by atoms with E-state index in [1.165, 1.54) is 23.5 Å². The fourth-order valence-corrected chi connectivity index (χ4v) is 3.32. The molecule has 0 aliphatic carbocycles. The summed E-state index contributed by atoms with van der Waals surface area (Å²) < 4.78 is 6.13. The van der Waals surface area contributed by atoms with Crippen LogP contribution in [0, 0.1) is 21.4 Å². The second-order valence-electron chi connectivity index (χ2n) is 5.21. The normalized spacial score (nSPS) is 11.3. The number of thiazole rings is 1. The SMILES string of the molecule is CCOc1cc(/C=C(\C#N)c2nc3ccccc3s2)cc([N+](=O)[O-])c1[O-]. The highest BCUT2D eigenvalue weighted by atomic mass is 32.1. The van der Waals surface area contributed by atoms with E-state index in [0.29, 0.717) is 10.6 Å². The van der Waals surface area contributed by atoms with Crippen molar-refractivity contribution in [1.29, 1.82) is 5.26 Å². The fourth-order valence-electron chi connectivity index (χ4n) is 2.39. The van der Waals surface area contributed by atoms with E-state index in [0.717, 1.165) is 16.3 Å². The van der Waals surface area contributed by atoms with Crippen LogP contribution in [0.2, 0.25) is 0 Å². The third kappa shape index (κ3) is 3.34. The van der Waals surface area contributed by atoms with Crippen molar-refractivity contribution < 1.29 is 14.8 Å². The third-order valence-electron chi connectivity index (χ3n) is 3.51. The Morgan fingerprint density at radius 1 is 1.42 bits per heavy atom. The first-order valence-electron chi connectivity index (χ1n) is 7.63. The standard InChI is InChI=1S/C18H13N3O4S/c1-2-25-15-9-11(8-14(17(15)22)21(23)24)7-12(10-19)18-20-13-5-3-4-6-16(13)26-18/h3-9,22H,2H2,1H3/p-1/b12-7+. The lowest BCUT2D eigenvalue weighted by molar-refractivity contribution is -0.398. The van der Waals surface area contributed by atoms with E-state index in [2.05, 4.69) is 11.1 Å². The zero-order chi connectivity index (χ0) is 18.7. The molecule has 3 aromatic rings. The molecule has 0 saturated heterocycles. The zero-order valence-corrected chi connectivity index (χ0v) is 14.4. The summed E-state index contributed by atoms with van der Waals surface area (Å²) >= 11 is 1.35. The molecule has 130 valence electrons. The number of ether oxygens (including phenoxy) is 1. The van der Waals surface area contributed by atoms with Crippen molar-refractivity contribution in [2.45, 2.75) is 6.92 Å². The lowest BCUT2D eigenvalue weighted by atomic mass is 10.1. The van der Waals surface area contributed by atoms with Crippen molar-refractivity contribution in [3.8, 4) is 17.6 Å². The summed E-state index contributed by atoms with van der Waals surface area (Å²) in [4.78, 5) is 14.8. The Bertz CT molecular complexity index is 1030. The molecule has 0 fully saturated rings. The maximum Gasteiger partial charge on any atom is 0.266 e. The number of hydrogen-bond donors (Lipinski definition) is 0. The molecule has 0 N–H and O–H groups in total. The number of nitro groups is 1. The molecule has 3 rings (SSSR count). The van der Waals surface area contributed by atoms with Crippen LogP contribution in [0.25, 0.3) is 21.9 Å². The molecule has 0 saturated carbocycles. The molecule has 26 heavy (non-hydrogen) atoms. The number of hydrogen-bond acceptors (Lipinski definition) is 7. The van der Waals surface area contributed by atoms with Crippen LogP contribution < -0.4 is 9.84 Å². The van der Waals surface area contributed by atoms with Crippen molar-refractivity contribution in [2.24, 2.45) is 0 Å². The first-order chi connectivity index (χ1) is 12.5. The van der Waals surface area contributed by atoms with Crippen LogP contribution in [0.4, 0.5) is 5.69 Å². The van der Waals surface area contributed by atoms with E-state index < -0.39 is 16.4 Å². The Morgan fingerprint density at radius 3 is 2.85 bits per heavy atom. The largest absolute Gasteiger partial charge is 0.865 e. The van der Waals surface area contributed by atoms with Crippen LogP contribution in [0.15, 0.2) is 36.4 Å². The summed E-state index contributed by atoms with van der Waals surface area (Å²) in [5.41, 5.74) is 0.755. The number of nitriles is 1. The van der Waals surface area contributed by atoms with Gasteiger partial charge in [0.2, 0.25) is 0 Å². The smallest absolute Gasteiger partial charge is 0.266 e. The number of benzene rings is 2. The van der Waals surface area contributed by atoms with Crippen molar-refractivity contribution in [3.05, 3.63) is 57.1 Å². The van der Waals surface area contributed by atoms with Gasteiger partial charge in [-0.3, -0.25) is 10.1 Å². The highest BCUT2D eigenvalue weighted by Crippen LogP contribution is 2.36. The van der Waals surface area contributed by atoms with Gasteiger partial charge in [0.25, 0.3) is 5.69 Å². The molecule has 0 aliphatic rings. The second kappa shape index (κ2) is 7.21. The van der Waals surface area contributed by atoms with Gasteiger partial charge in [0.15, 0.2) is 0 Å². The molecule has 0 radical (unpaired) electrons. The molecule has 0 spiro atoms. The number of nitrogens with zero attached hydrogens (tertiary/aromatic N) is 3. The average Bonchev–Trinajstić information content (AvgIpc) is 3.05. The van der Waals surface area contributed by atoms with E-state index in [1.54, 1.807) is 6.92 Å². The lowest BCUT2D eigenvalue weighted by Gasteiger charge is -2.14. The lowest BCUT2D eigenvalue weighted by Crippen LogP contribution is -2.03. The Hall–Kier alpha value is -3.44. The van der Waals surface area contributed by atoms with Crippen LogP contribution >= 0.6 is 11.3 Å². The van der Waals surface area contributed by atoms with Gasteiger partial charge in [-0.25, -0.2) is 4.98 Å². The second-order valence-corrected chi connectivity index (χ2v) is 6.24. The predicted molar refractivity (Wildman–Crippen MR) is 96.8 cm³/mol. The molecule has 0 aliphatic heterocycles. The maximum absolute atomic E-state index is 12.0. The van der Waals surface area contributed by atoms with Gasteiger partial charge in [0, 0.05) is 11.8 Å². The summed E-state index contributed by atoms with van der Waals surface area (Å²) in [6.45, 7) is 1.87. The number of rotatable bonds is 5. The number of fused-ring (bicyclic) bond motifs is 1. The molecule has 0 bridgehead atoms. The molecule has 8 heteroatoms. The summed E-state index contributed by atoms with van der Waals surface area (Å²) in [5, 5.41) is 33.2. The minimum absolute atomic E-state index is 0.116. The molecular weight excluding hydrogens is 354 g/mol. The van der Waals surface area contributed by atoms with Gasteiger partial charge in [0.05, 0.1) is 27.3 Å². The minimum atomic E-state index is -0.785. The topological polar surface area (TPSA) is 112 Å². The molecule has 7 nitrogen and oxygen atoms in total. The van der Waals surface area contributed by atoms with Crippen molar-refractivity contribution in [3.63, 3.8) is 0 Å². The highest BCUT2D eigenvalue weighted by Gasteiger charge is 2.15. The van der Waals surface area contributed by atoms with Crippen LogP contribution in [0.1, 0.15) is 17.5 Å². The highest BCUT2D eigenvalue weighted by molar-refractivity contribution is 7.19. The summed E-state index contributed by atoms with van der Waals surface area (Å²) in [7, 11) is 0. The van der Waals surface area contributed by atoms with E-state index in [4.69, 9.17) is 4.74 Å². The number of nitro benzene ring substituents is 1. The fraction of sp³-hybridized carbons (Fsp3) is 0.111. The van der Waals surface area contributed by atoms with E-state index >= 15 is 0 Å².